The van der Waals surface area contributed by atoms with Gasteiger partial charge in [-0.1, -0.05) is 18.2 Å². The molecule has 0 N–H and O–H groups in total. The summed E-state index contributed by atoms with van der Waals surface area (Å²) in [7, 11) is 1.79. The molecule has 0 saturated carbocycles. The van der Waals surface area contributed by atoms with Crippen LogP contribution in [0, 0.1) is 13.8 Å². The van der Waals surface area contributed by atoms with Crippen molar-refractivity contribution in [1.29, 1.82) is 0 Å². The van der Waals surface area contributed by atoms with E-state index in [0.717, 1.165) is 27.7 Å². The highest BCUT2D eigenvalue weighted by molar-refractivity contribution is 5.98. The third-order valence-corrected chi connectivity index (χ3v) is 3.82. The summed E-state index contributed by atoms with van der Waals surface area (Å²) in [4.78, 5) is 19.0. The highest BCUT2D eigenvalue weighted by Gasteiger charge is 2.17. The summed E-state index contributed by atoms with van der Waals surface area (Å²) >= 11 is 0. The van der Waals surface area contributed by atoms with Gasteiger partial charge in [0.2, 0.25) is 0 Å². The van der Waals surface area contributed by atoms with Crippen molar-refractivity contribution >= 4 is 16.8 Å². The molecule has 4 nitrogen and oxygen atoms in total. The van der Waals surface area contributed by atoms with E-state index in [1.54, 1.807) is 24.5 Å². The number of fused-ring (bicyclic) bond motifs is 1. The number of benzene rings is 1. The van der Waals surface area contributed by atoms with Crippen molar-refractivity contribution in [3.63, 3.8) is 0 Å². The number of aromatic nitrogens is 1. The van der Waals surface area contributed by atoms with Gasteiger partial charge in [-0.25, -0.2) is 0 Å². The first-order chi connectivity index (χ1) is 10.6. The van der Waals surface area contributed by atoms with Crippen LogP contribution in [-0.2, 0) is 6.54 Å². The highest BCUT2D eigenvalue weighted by atomic mass is 16.3. The predicted molar refractivity (Wildman–Crippen MR) is 85.7 cm³/mol. The van der Waals surface area contributed by atoms with E-state index in [2.05, 4.69) is 4.98 Å². The largest absolute Gasteiger partial charge is 0.472 e. The van der Waals surface area contributed by atoms with Crippen LogP contribution in [0.4, 0.5) is 0 Å². The van der Waals surface area contributed by atoms with Crippen LogP contribution >= 0.6 is 0 Å². The molecule has 0 bridgehead atoms. The van der Waals surface area contributed by atoms with E-state index >= 15 is 0 Å². The Morgan fingerprint density at radius 2 is 2.09 bits per heavy atom. The number of hydrogen-bond donors (Lipinski definition) is 0. The van der Waals surface area contributed by atoms with Crippen LogP contribution in [0.15, 0.2) is 47.3 Å². The SMILES string of the molecule is Cc1nc2c(C)cccc2cc1C(=O)N(C)Cc1ccoc1. The number of carbonyl (C=O) groups excluding carboxylic acids is 1. The molecule has 4 heteroatoms. The Hall–Kier alpha value is -2.62. The predicted octanol–water partition coefficient (Wildman–Crippen LogP) is 3.72. The van der Waals surface area contributed by atoms with Crippen LogP contribution in [0.3, 0.4) is 0 Å². The summed E-state index contributed by atoms with van der Waals surface area (Å²) in [5.41, 5.74) is 4.44. The third kappa shape index (κ3) is 2.60. The second kappa shape index (κ2) is 5.64. The number of aryl methyl sites for hydroxylation is 2. The van der Waals surface area contributed by atoms with Gasteiger partial charge in [-0.15, -0.1) is 0 Å². The maximum atomic E-state index is 12.7. The molecule has 3 rings (SSSR count). The number of rotatable bonds is 3. The summed E-state index contributed by atoms with van der Waals surface area (Å²) in [6.07, 6.45) is 3.26. The van der Waals surface area contributed by atoms with E-state index in [0.29, 0.717) is 12.1 Å². The van der Waals surface area contributed by atoms with Crippen molar-refractivity contribution in [2.24, 2.45) is 0 Å². The van der Waals surface area contributed by atoms with Gasteiger partial charge in [-0.3, -0.25) is 9.78 Å². The van der Waals surface area contributed by atoms with Crippen LogP contribution in [0.1, 0.15) is 27.2 Å². The van der Waals surface area contributed by atoms with Gasteiger partial charge in [0.1, 0.15) is 0 Å². The zero-order valence-electron chi connectivity index (χ0n) is 13.0. The molecular formula is C18H18N2O2. The molecule has 0 radical (unpaired) electrons. The molecule has 112 valence electrons. The van der Waals surface area contributed by atoms with E-state index in [4.69, 9.17) is 4.42 Å². The monoisotopic (exact) mass is 294 g/mol. The average Bonchev–Trinajstić information content (AvgIpc) is 3.00. The summed E-state index contributed by atoms with van der Waals surface area (Å²) < 4.78 is 5.05. The summed E-state index contributed by atoms with van der Waals surface area (Å²) in [5.74, 6) is -0.0328. The molecule has 22 heavy (non-hydrogen) atoms. The molecule has 0 saturated heterocycles. The third-order valence-electron chi connectivity index (χ3n) is 3.82. The number of hydrogen-bond acceptors (Lipinski definition) is 3. The number of furan rings is 1. The maximum absolute atomic E-state index is 12.7. The Balaban J connectivity index is 1.95. The average molecular weight is 294 g/mol. The minimum absolute atomic E-state index is 0.0328. The lowest BCUT2D eigenvalue weighted by Crippen LogP contribution is -2.27. The van der Waals surface area contributed by atoms with E-state index in [1.807, 2.05) is 44.2 Å². The molecule has 2 heterocycles. The van der Waals surface area contributed by atoms with Gasteiger partial charge in [0, 0.05) is 24.5 Å². The molecule has 1 amide bonds. The van der Waals surface area contributed by atoms with Crippen molar-refractivity contribution in [3.05, 3.63) is 65.2 Å². The minimum atomic E-state index is -0.0328. The molecule has 1 aromatic carbocycles. The van der Waals surface area contributed by atoms with Crippen LogP contribution in [-0.4, -0.2) is 22.8 Å². The van der Waals surface area contributed by atoms with Crippen LogP contribution in [0.5, 0.6) is 0 Å². The van der Waals surface area contributed by atoms with Gasteiger partial charge in [0.05, 0.1) is 29.3 Å². The molecule has 0 spiro atoms. The smallest absolute Gasteiger partial charge is 0.255 e. The first-order valence-corrected chi connectivity index (χ1v) is 7.20. The van der Waals surface area contributed by atoms with Gasteiger partial charge in [-0.05, 0) is 31.5 Å². The van der Waals surface area contributed by atoms with Crippen LogP contribution < -0.4 is 0 Å². The lowest BCUT2D eigenvalue weighted by molar-refractivity contribution is 0.0784. The number of amides is 1. The standard InChI is InChI=1S/C18H18N2O2/c1-12-5-4-6-15-9-16(13(2)19-17(12)15)18(21)20(3)10-14-7-8-22-11-14/h4-9,11H,10H2,1-3H3. The molecule has 3 aromatic rings. The topological polar surface area (TPSA) is 46.3 Å². The summed E-state index contributed by atoms with van der Waals surface area (Å²) in [6, 6.07) is 9.79. The molecule has 0 unspecified atom stereocenters. The quantitative estimate of drug-likeness (QED) is 0.739. The first kappa shape index (κ1) is 14.3. The summed E-state index contributed by atoms with van der Waals surface area (Å²) in [5, 5.41) is 0.991. The molecule has 0 atom stereocenters. The second-order valence-corrected chi connectivity index (χ2v) is 5.56. The normalized spacial score (nSPS) is 10.9. The van der Waals surface area contributed by atoms with Gasteiger partial charge in [-0.2, -0.15) is 0 Å². The molecular weight excluding hydrogens is 276 g/mol. The fourth-order valence-electron chi connectivity index (χ4n) is 2.59. The zero-order valence-corrected chi connectivity index (χ0v) is 13.0. The Kier molecular flexibility index (Phi) is 3.67. The number of nitrogens with zero attached hydrogens (tertiary/aromatic N) is 2. The summed E-state index contributed by atoms with van der Waals surface area (Å²) in [6.45, 7) is 4.42. The molecule has 2 aromatic heterocycles. The lowest BCUT2D eigenvalue weighted by Gasteiger charge is -2.18. The van der Waals surface area contributed by atoms with Gasteiger partial charge in [0.15, 0.2) is 0 Å². The second-order valence-electron chi connectivity index (χ2n) is 5.56. The van der Waals surface area contributed by atoms with Gasteiger partial charge >= 0.3 is 0 Å². The van der Waals surface area contributed by atoms with E-state index in [-0.39, 0.29) is 5.91 Å². The van der Waals surface area contributed by atoms with E-state index in [1.165, 1.54) is 0 Å². The van der Waals surface area contributed by atoms with Crippen LogP contribution in [0.25, 0.3) is 10.9 Å². The Labute approximate surface area is 129 Å². The van der Waals surface area contributed by atoms with Crippen molar-refractivity contribution in [3.8, 4) is 0 Å². The van der Waals surface area contributed by atoms with E-state index < -0.39 is 0 Å². The fraction of sp³-hybridized carbons (Fsp3) is 0.222. The zero-order chi connectivity index (χ0) is 15.7. The van der Waals surface area contributed by atoms with Gasteiger partial charge < -0.3 is 9.32 Å². The Morgan fingerprint density at radius 3 is 2.82 bits per heavy atom. The molecule has 0 aliphatic heterocycles. The van der Waals surface area contributed by atoms with Crippen molar-refractivity contribution in [1.82, 2.24) is 9.88 Å². The van der Waals surface area contributed by atoms with Gasteiger partial charge in [0.25, 0.3) is 5.91 Å². The first-order valence-electron chi connectivity index (χ1n) is 7.20. The minimum Gasteiger partial charge on any atom is -0.472 e. The van der Waals surface area contributed by atoms with Crippen molar-refractivity contribution in [2.45, 2.75) is 20.4 Å². The van der Waals surface area contributed by atoms with E-state index in [9.17, 15) is 4.79 Å². The van der Waals surface area contributed by atoms with Crippen LogP contribution in [0.2, 0.25) is 0 Å². The van der Waals surface area contributed by atoms with Crippen molar-refractivity contribution < 1.29 is 9.21 Å². The molecule has 0 aliphatic rings. The number of para-hydroxylation sites is 1. The Bertz CT molecular complexity index is 822. The van der Waals surface area contributed by atoms with Crippen molar-refractivity contribution in [2.75, 3.05) is 7.05 Å². The molecule has 0 fully saturated rings. The maximum Gasteiger partial charge on any atom is 0.255 e. The number of carbonyl (C=O) groups is 1. The lowest BCUT2D eigenvalue weighted by atomic mass is 10.1. The Morgan fingerprint density at radius 1 is 1.27 bits per heavy atom. The fourth-order valence-corrected chi connectivity index (χ4v) is 2.59. The number of pyridine rings is 1. The highest BCUT2D eigenvalue weighted by Crippen LogP contribution is 2.21. The molecule has 0 aliphatic carbocycles.